The Morgan fingerprint density at radius 3 is 2.15 bits per heavy atom. The average molecular weight is 646 g/mol. The molecule has 3 N–H and O–H groups in total. The molecule has 248 valence electrons. The van der Waals surface area contributed by atoms with Crippen molar-refractivity contribution in [2.75, 3.05) is 13.2 Å². The maximum absolute atomic E-state index is 12.1. The lowest BCUT2D eigenvalue weighted by Crippen LogP contribution is -2.63. The van der Waals surface area contributed by atoms with Crippen LogP contribution in [0, 0.1) is 0 Å². The van der Waals surface area contributed by atoms with Crippen LogP contribution in [0.3, 0.4) is 0 Å². The highest BCUT2D eigenvalue weighted by Crippen LogP contribution is 2.32. The van der Waals surface area contributed by atoms with Gasteiger partial charge < -0.3 is 43.7 Å². The number of fused-ring (bicyclic) bond motifs is 1. The van der Waals surface area contributed by atoms with E-state index in [2.05, 4.69) is 10.1 Å². The van der Waals surface area contributed by atoms with Crippen LogP contribution in [-0.2, 0) is 47.6 Å². The quantitative estimate of drug-likeness (QED) is 0.178. The predicted molar refractivity (Wildman–Crippen MR) is 153 cm³/mol. The molecule has 0 amide bonds. The van der Waals surface area contributed by atoms with Crippen LogP contribution < -0.4 is 0 Å². The molecule has 4 rings (SSSR count). The smallest absolute Gasteiger partial charge is 0.303 e. The summed E-state index contributed by atoms with van der Waals surface area (Å²) in [6.45, 7) is 2.94. The molecule has 0 bridgehead atoms. The molecular formula is C30H35N3O13. The van der Waals surface area contributed by atoms with Gasteiger partial charge in [-0.3, -0.25) is 19.2 Å². The number of carbonyl (C=O) groups is 4. The van der Waals surface area contributed by atoms with Crippen LogP contribution in [-0.4, -0.2) is 110 Å². The summed E-state index contributed by atoms with van der Waals surface area (Å²) in [6, 6.07) is 11.1. The summed E-state index contributed by atoms with van der Waals surface area (Å²) in [7, 11) is 0. The van der Waals surface area contributed by atoms with Crippen molar-refractivity contribution in [3.8, 4) is 11.3 Å². The number of aliphatic hydroxyl groups is 3. The number of hydrogen-bond donors (Lipinski definition) is 3. The molecular weight excluding hydrogens is 610 g/mol. The number of rotatable bonds is 12. The van der Waals surface area contributed by atoms with E-state index in [-0.39, 0.29) is 5.56 Å². The van der Waals surface area contributed by atoms with Crippen LogP contribution >= 0.6 is 0 Å². The largest absolute Gasteiger partial charge is 0.463 e. The van der Waals surface area contributed by atoms with Crippen LogP contribution in [0.5, 0.6) is 0 Å². The van der Waals surface area contributed by atoms with E-state index in [0.29, 0.717) is 11.3 Å². The van der Waals surface area contributed by atoms with Gasteiger partial charge in [-0.05, 0) is 0 Å². The summed E-state index contributed by atoms with van der Waals surface area (Å²) in [5, 5.41) is 36.9. The Labute approximate surface area is 262 Å². The lowest BCUT2D eigenvalue weighted by molar-refractivity contribution is -0.325. The SMILES string of the molecule is CC(=O)OC[C@H]1O[C@@H](O[C@H](CO)[C@@H](O)[C@H](O)c2cnc3cc(-c4ccccc4)nn3c2)[C@H](OC(C)=O)[C@@H](OC(C)=O)[C@@H]1OC(C)=O. The van der Waals surface area contributed by atoms with Gasteiger partial charge in [0, 0.05) is 57.3 Å². The lowest BCUT2D eigenvalue weighted by Gasteiger charge is -2.45. The molecule has 1 fully saturated rings. The summed E-state index contributed by atoms with van der Waals surface area (Å²) >= 11 is 0. The van der Waals surface area contributed by atoms with Crippen molar-refractivity contribution in [2.45, 2.75) is 76.7 Å². The second kappa shape index (κ2) is 15.2. The third-order valence-electron chi connectivity index (χ3n) is 6.89. The van der Waals surface area contributed by atoms with Gasteiger partial charge in [0.2, 0.25) is 0 Å². The van der Waals surface area contributed by atoms with E-state index >= 15 is 0 Å². The number of aliphatic hydroxyl groups excluding tert-OH is 3. The van der Waals surface area contributed by atoms with Crippen molar-refractivity contribution in [1.82, 2.24) is 14.6 Å². The Morgan fingerprint density at radius 2 is 1.54 bits per heavy atom. The van der Waals surface area contributed by atoms with E-state index in [1.165, 1.54) is 16.9 Å². The van der Waals surface area contributed by atoms with Gasteiger partial charge in [-0.15, -0.1) is 0 Å². The fraction of sp³-hybridized carbons (Fsp3) is 0.467. The van der Waals surface area contributed by atoms with E-state index in [4.69, 9.17) is 28.4 Å². The molecule has 1 aliphatic heterocycles. The zero-order chi connectivity index (χ0) is 33.5. The van der Waals surface area contributed by atoms with Gasteiger partial charge in [0.1, 0.15) is 31.0 Å². The highest BCUT2D eigenvalue weighted by molar-refractivity contribution is 5.69. The summed E-state index contributed by atoms with van der Waals surface area (Å²) in [4.78, 5) is 52.0. The van der Waals surface area contributed by atoms with Gasteiger partial charge in [-0.2, -0.15) is 5.10 Å². The minimum atomic E-state index is -1.82. The molecule has 46 heavy (non-hydrogen) atoms. The van der Waals surface area contributed by atoms with Gasteiger partial charge in [-0.1, -0.05) is 30.3 Å². The Hall–Kier alpha value is -4.48. The number of carbonyl (C=O) groups excluding carboxylic acids is 4. The molecule has 2 aromatic heterocycles. The lowest BCUT2D eigenvalue weighted by atomic mass is 9.97. The molecule has 0 spiro atoms. The monoisotopic (exact) mass is 645 g/mol. The molecule has 1 aliphatic rings. The molecule has 0 aliphatic carbocycles. The van der Waals surface area contributed by atoms with E-state index in [0.717, 1.165) is 33.3 Å². The number of esters is 4. The summed E-state index contributed by atoms with van der Waals surface area (Å²) in [5.41, 5.74) is 2.05. The van der Waals surface area contributed by atoms with Gasteiger partial charge >= 0.3 is 23.9 Å². The zero-order valence-electron chi connectivity index (χ0n) is 25.4. The predicted octanol–water partition coefficient (Wildman–Crippen LogP) is 0.251. The number of hydrogen-bond acceptors (Lipinski definition) is 15. The highest BCUT2D eigenvalue weighted by atomic mass is 16.7. The molecule has 0 saturated carbocycles. The van der Waals surface area contributed by atoms with Gasteiger partial charge in [0.05, 0.1) is 12.3 Å². The number of benzene rings is 1. The topological polar surface area (TPSA) is 215 Å². The molecule has 16 heteroatoms. The number of ether oxygens (including phenoxy) is 6. The van der Waals surface area contributed by atoms with Crippen molar-refractivity contribution >= 4 is 29.5 Å². The van der Waals surface area contributed by atoms with Crippen molar-refractivity contribution < 1.29 is 62.9 Å². The van der Waals surface area contributed by atoms with Crippen LogP contribution in [0.25, 0.3) is 16.9 Å². The number of nitrogens with zero attached hydrogens (tertiary/aromatic N) is 3. The van der Waals surface area contributed by atoms with Crippen molar-refractivity contribution in [3.05, 3.63) is 54.4 Å². The Morgan fingerprint density at radius 1 is 0.913 bits per heavy atom. The van der Waals surface area contributed by atoms with Crippen molar-refractivity contribution in [2.24, 2.45) is 0 Å². The normalized spacial score (nSPS) is 23.2. The molecule has 3 aromatic rings. The summed E-state index contributed by atoms with van der Waals surface area (Å²) < 4.78 is 34.2. The first-order valence-electron chi connectivity index (χ1n) is 14.2. The van der Waals surface area contributed by atoms with Crippen LogP contribution in [0.2, 0.25) is 0 Å². The first-order valence-corrected chi connectivity index (χ1v) is 14.2. The van der Waals surface area contributed by atoms with Crippen LogP contribution in [0.1, 0.15) is 39.4 Å². The van der Waals surface area contributed by atoms with E-state index in [1.807, 2.05) is 30.3 Å². The fourth-order valence-corrected chi connectivity index (χ4v) is 4.90. The standard InChI is InChI=1S/C30H35N3O13/c1-15(35)41-14-23-27(42-16(2)36)28(43-17(3)37)29(44-18(4)38)30(46-23)45-22(13-34)26(40)25(39)20-11-31-24-10-21(32-33(24)12-20)19-8-6-5-7-9-19/h5-12,22-23,25-30,34,39-40H,13-14H2,1-4H3/t22-,23-,25-,26-,27-,28+,29-,30-/m1/s1. The van der Waals surface area contributed by atoms with Gasteiger partial charge in [-0.25, -0.2) is 9.50 Å². The number of aromatic nitrogens is 3. The summed E-state index contributed by atoms with van der Waals surface area (Å²) in [5.74, 6) is -3.24. The first-order chi connectivity index (χ1) is 21.9. The third kappa shape index (κ3) is 8.41. The van der Waals surface area contributed by atoms with Crippen LogP contribution in [0.4, 0.5) is 0 Å². The average Bonchev–Trinajstić information content (AvgIpc) is 3.44. The minimum absolute atomic E-state index is 0.117. The molecule has 16 nitrogen and oxygen atoms in total. The molecule has 3 heterocycles. The Balaban J connectivity index is 1.61. The van der Waals surface area contributed by atoms with Crippen molar-refractivity contribution in [3.63, 3.8) is 0 Å². The van der Waals surface area contributed by atoms with Gasteiger partial charge in [0.25, 0.3) is 0 Å². The Bertz CT molecular complexity index is 1530. The second-order valence-corrected chi connectivity index (χ2v) is 10.4. The first kappa shape index (κ1) is 34.4. The molecule has 1 saturated heterocycles. The Kier molecular flexibility index (Phi) is 11.4. The van der Waals surface area contributed by atoms with Crippen molar-refractivity contribution in [1.29, 1.82) is 0 Å². The highest BCUT2D eigenvalue weighted by Gasteiger charge is 2.53. The maximum Gasteiger partial charge on any atom is 0.303 e. The molecule has 0 unspecified atom stereocenters. The maximum atomic E-state index is 12.1. The summed E-state index contributed by atoms with van der Waals surface area (Å²) in [6.07, 6.45) is -9.89. The van der Waals surface area contributed by atoms with Gasteiger partial charge in [0.15, 0.2) is 30.2 Å². The second-order valence-electron chi connectivity index (χ2n) is 10.4. The van der Waals surface area contributed by atoms with E-state index in [1.54, 1.807) is 6.07 Å². The van der Waals surface area contributed by atoms with Crippen LogP contribution in [0.15, 0.2) is 48.8 Å². The zero-order valence-corrected chi connectivity index (χ0v) is 25.4. The van der Waals surface area contributed by atoms with E-state index < -0.39 is 86.1 Å². The molecule has 8 atom stereocenters. The van der Waals surface area contributed by atoms with E-state index in [9.17, 15) is 34.5 Å². The molecule has 0 radical (unpaired) electrons. The third-order valence-corrected chi connectivity index (χ3v) is 6.89. The molecule has 1 aromatic carbocycles. The fourth-order valence-electron chi connectivity index (χ4n) is 4.90. The minimum Gasteiger partial charge on any atom is -0.463 e.